The average molecular weight is 240 g/mol. The highest BCUT2D eigenvalue weighted by atomic mass is 16.4. The number of hydrogen-bond acceptors (Lipinski definition) is 3. The van der Waals surface area contributed by atoms with Crippen LogP contribution in [0.4, 0.5) is 0 Å². The monoisotopic (exact) mass is 240 g/mol. The molecule has 0 aromatic heterocycles. The Morgan fingerprint density at radius 3 is 2.76 bits per heavy atom. The van der Waals surface area contributed by atoms with Crippen LogP contribution >= 0.6 is 0 Å². The lowest BCUT2D eigenvalue weighted by Gasteiger charge is -2.37. The summed E-state index contributed by atoms with van der Waals surface area (Å²) in [7, 11) is 0. The van der Waals surface area contributed by atoms with Gasteiger partial charge in [0.1, 0.15) is 0 Å². The van der Waals surface area contributed by atoms with E-state index in [1.165, 1.54) is 19.4 Å². The molecule has 0 aromatic carbocycles. The second-order valence-electron chi connectivity index (χ2n) is 4.92. The zero-order valence-corrected chi connectivity index (χ0v) is 10.1. The Morgan fingerprint density at radius 2 is 2.00 bits per heavy atom. The Labute approximate surface area is 101 Å². The largest absolute Gasteiger partial charge is 0.481 e. The van der Waals surface area contributed by atoms with Crippen LogP contribution in [0.1, 0.15) is 32.1 Å². The maximum Gasteiger partial charge on any atom is 0.303 e. The summed E-state index contributed by atoms with van der Waals surface area (Å²) in [5.74, 6) is -0.698. The van der Waals surface area contributed by atoms with E-state index >= 15 is 0 Å². The molecule has 0 spiro atoms. The van der Waals surface area contributed by atoms with E-state index in [4.69, 9.17) is 5.11 Å². The van der Waals surface area contributed by atoms with E-state index in [2.05, 4.69) is 4.90 Å². The zero-order valence-electron chi connectivity index (χ0n) is 10.1. The number of fused-ring (bicyclic) bond motifs is 1. The minimum atomic E-state index is -0.821. The first kappa shape index (κ1) is 12.4. The van der Waals surface area contributed by atoms with Crippen molar-refractivity contribution in [1.29, 1.82) is 0 Å². The van der Waals surface area contributed by atoms with Crippen LogP contribution in [0.15, 0.2) is 0 Å². The highest BCUT2D eigenvalue weighted by Gasteiger charge is 2.32. The third-order valence-electron chi connectivity index (χ3n) is 3.72. The third kappa shape index (κ3) is 3.19. The summed E-state index contributed by atoms with van der Waals surface area (Å²) >= 11 is 0. The normalized spacial score (nSPS) is 24.7. The number of aliphatic carboxylic acids is 1. The molecular formula is C12H20N2O3. The molecule has 5 nitrogen and oxygen atoms in total. The molecule has 96 valence electrons. The SMILES string of the molecule is O=C(O)CCCC(=O)N1CCN2CCCC2C1. The van der Waals surface area contributed by atoms with E-state index in [0.717, 1.165) is 19.6 Å². The van der Waals surface area contributed by atoms with Crippen molar-refractivity contribution in [3.8, 4) is 0 Å². The number of rotatable bonds is 4. The van der Waals surface area contributed by atoms with Gasteiger partial charge in [0.05, 0.1) is 0 Å². The molecule has 1 unspecified atom stereocenters. The quantitative estimate of drug-likeness (QED) is 0.779. The van der Waals surface area contributed by atoms with Gasteiger partial charge >= 0.3 is 5.97 Å². The average Bonchev–Trinajstić information content (AvgIpc) is 2.75. The third-order valence-corrected chi connectivity index (χ3v) is 3.72. The number of amides is 1. The lowest BCUT2D eigenvalue weighted by atomic mass is 10.1. The molecule has 2 fully saturated rings. The lowest BCUT2D eigenvalue weighted by Crippen LogP contribution is -2.52. The van der Waals surface area contributed by atoms with Gasteiger partial charge in [-0.25, -0.2) is 0 Å². The second-order valence-corrected chi connectivity index (χ2v) is 4.92. The van der Waals surface area contributed by atoms with Crippen LogP contribution in [0, 0.1) is 0 Å². The highest BCUT2D eigenvalue weighted by molar-refractivity contribution is 5.77. The van der Waals surface area contributed by atoms with Gasteiger partial charge in [-0.15, -0.1) is 0 Å². The number of carbonyl (C=O) groups is 2. The number of carboxylic acid groups (broad SMARTS) is 1. The smallest absolute Gasteiger partial charge is 0.303 e. The summed E-state index contributed by atoms with van der Waals surface area (Å²) in [6, 6.07) is 0.548. The van der Waals surface area contributed by atoms with E-state index in [9.17, 15) is 9.59 Å². The van der Waals surface area contributed by atoms with Crippen LogP contribution in [-0.4, -0.2) is 59.0 Å². The lowest BCUT2D eigenvalue weighted by molar-refractivity contribution is -0.137. The van der Waals surface area contributed by atoms with Crippen LogP contribution in [0.5, 0.6) is 0 Å². The number of carboxylic acids is 1. The van der Waals surface area contributed by atoms with Crippen molar-refractivity contribution in [3.63, 3.8) is 0 Å². The number of carbonyl (C=O) groups excluding carboxylic acids is 1. The fourth-order valence-electron chi connectivity index (χ4n) is 2.77. The van der Waals surface area contributed by atoms with Crippen molar-refractivity contribution >= 4 is 11.9 Å². The van der Waals surface area contributed by atoms with Crippen molar-refractivity contribution < 1.29 is 14.7 Å². The van der Waals surface area contributed by atoms with Gasteiger partial charge in [-0.05, 0) is 25.8 Å². The van der Waals surface area contributed by atoms with Crippen LogP contribution < -0.4 is 0 Å². The van der Waals surface area contributed by atoms with Crippen LogP contribution in [-0.2, 0) is 9.59 Å². The fraction of sp³-hybridized carbons (Fsp3) is 0.833. The van der Waals surface area contributed by atoms with Crippen LogP contribution in [0.25, 0.3) is 0 Å². The molecule has 5 heteroatoms. The van der Waals surface area contributed by atoms with Crippen molar-refractivity contribution in [3.05, 3.63) is 0 Å². The Balaban J connectivity index is 1.74. The predicted octanol–water partition coefficient (Wildman–Crippen LogP) is 0.548. The molecule has 2 rings (SSSR count). The highest BCUT2D eigenvalue weighted by Crippen LogP contribution is 2.21. The second kappa shape index (κ2) is 5.49. The molecule has 1 N–H and O–H groups in total. The van der Waals surface area contributed by atoms with Crippen molar-refractivity contribution in [2.75, 3.05) is 26.2 Å². The van der Waals surface area contributed by atoms with Gasteiger partial charge in [0.2, 0.25) is 5.91 Å². The minimum absolute atomic E-state index is 0.0924. The molecule has 0 radical (unpaired) electrons. The summed E-state index contributed by atoms with van der Waals surface area (Å²) in [5, 5.41) is 8.53. The summed E-state index contributed by atoms with van der Waals surface area (Å²) in [6.45, 7) is 3.80. The molecule has 0 bridgehead atoms. The Kier molecular flexibility index (Phi) is 3.99. The maximum absolute atomic E-state index is 11.9. The molecule has 0 aromatic rings. The summed E-state index contributed by atoms with van der Waals surface area (Å²) in [4.78, 5) is 26.6. The molecule has 17 heavy (non-hydrogen) atoms. The van der Waals surface area contributed by atoms with E-state index in [0.29, 0.717) is 18.9 Å². The maximum atomic E-state index is 11.9. The van der Waals surface area contributed by atoms with Crippen LogP contribution in [0.3, 0.4) is 0 Å². The number of hydrogen-bond donors (Lipinski definition) is 1. The van der Waals surface area contributed by atoms with Gasteiger partial charge in [0.25, 0.3) is 0 Å². The molecule has 1 amide bonds. The van der Waals surface area contributed by atoms with E-state index in [1.54, 1.807) is 0 Å². The first-order valence-corrected chi connectivity index (χ1v) is 6.40. The summed E-state index contributed by atoms with van der Waals surface area (Å²) in [5.41, 5.74) is 0. The van der Waals surface area contributed by atoms with Gasteiger partial charge in [-0.1, -0.05) is 0 Å². The van der Waals surface area contributed by atoms with Gasteiger partial charge < -0.3 is 10.0 Å². The van der Waals surface area contributed by atoms with E-state index in [1.807, 2.05) is 4.90 Å². The Bertz CT molecular complexity index is 306. The molecule has 2 aliphatic heterocycles. The molecule has 2 saturated heterocycles. The van der Waals surface area contributed by atoms with Gasteiger partial charge in [0, 0.05) is 38.5 Å². The summed E-state index contributed by atoms with van der Waals surface area (Å²) < 4.78 is 0. The van der Waals surface area contributed by atoms with Crippen molar-refractivity contribution in [1.82, 2.24) is 9.80 Å². The number of piperazine rings is 1. The Hall–Kier alpha value is -1.10. The van der Waals surface area contributed by atoms with Crippen molar-refractivity contribution in [2.45, 2.75) is 38.1 Å². The summed E-state index contributed by atoms with van der Waals surface area (Å²) in [6.07, 6.45) is 3.36. The molecular weight excluding hydrogens is 220 g/mol. The standard InChI is InChI=1S/C12H20N2O3/c15-11(4-1-5-12(16)17)14-8-7-13-6-2-3-10(13)9-14/h10H,1-9H2,(H,16,17). The van der Waals surface area contributed by atoms with Gasteiger partial charge in [0.15, 0.2) is 0 Å². The zero-order chi connectivity index (χ0) is 12.3. The van der Waals surface area contributed by atoms with Crippen molar-refractivity contribution in [2.24, 2.45) is 0 Å². The van der Waals surface area contributed by atoms with Gasteiger partial charge in [-0.2, -0.15) is 0 Å². The first-order chi connectivity index (χ1) is 8.16. The van der Waals surface area contributed by atoms with E-state index < -0.39 is 5.97 Å². The predicted molar refractivity (Wildman–Crippen MR) is 62.7 cm³/mol. The molecule has 2 heterocycles. The minimum Gasteiger partial charge on any atom is -0.481 e. The van der Waals surface area contributed by atoms with E-state index in [-0.39, 0.29) is 12.3 Å². The molecule has 2 aliphatic rings. The topological polar surface area (TPSA) is 60.9 Å². The Morgan fingerprint density at radius 1 is 1.18 bits per heavy atom. The molecule has 0 aliphatic carbocycles. The number of nitrogens with zero attached hydrogens (tertiary/aromatic N) is 2. The fourth-order valence-corrected chi connectivity index (χ4v) is 2.77. The van der Waals surface area contributed by atoms with Gasteiger partial charge in [-0.3, -0.25) is 14.5 Å². The first-order valence-electron chi connectivity index (χ1n) is 6.40. The molecule has 0 saturated carbocycles. The molecule has 1 atom stereocenters. The van der Waals surface area contributed by atoms with Crippen LogP contribution in [0.2, 0.25) is 0 Å².